The topological polar surface area (TPSA) is 32.3 Å². The number of carbonyl (C=O) groups excluding carboxylic acids is 1. The summed E-state index contributed by atoms with van der Waals surface area (Å²) in [5, 5.41) is 3.21. The molecule has 0 bridgehead atoms. The number of likely N-dealkylation sites (N-methyl/N-ethyl adjacent to an activating group) is 1. The summed E-state index contributed by atoms with van der Waals surface area (Å²) in [4.78, 5) is 13.9. The molecule has 4 heteroatoms. The Labute approximate surface area is 114 Å². The van der Waals surface area contributed by atoms with Crippen molar-refractivity contribution in [1.29, 1.82) is 0 Å². The molecule has 0 fully saturated rings. The fourth-order valence-electron chi connectivity index (χ4n) is 2.13. The maximum atomic E-state index is 13.2. The second-order valence-corrected chi connectivity index (χ2v) is 4.68. The van der Waals surface area contributed by atoms with Crippen molar-refractivity contribution in [2.45, 2.75) is 39.8 Å². The predicted molar refractivity (Wildman–Crippen MR) is 75.3 cm³/mol. The Bertz CT molecular complexity index is 418. The van der Waals surface area contributed by atoms with Crippen LogP contribution in [0.2, 0.25) is 0 Å². The van der Waals surface area contributed by atoms with Crippen LogP contribution in [0, 0.1) is 5.82 Å². The van der Waals surface area contributed by atoms with E-state index in [2.05, 4.69) is 5.32 Å². The van der Waals surface area contributed by atoms with Crippen molar-refractivity contribution in [3.05, 3.63) is 35.6 Å². The van der Waals surface area contributed by atoms with Gasteiger partial charge in [-0.3, -0.25) is 10.1 Å². The third kappa shape index (κ3) is 4.31. The number of hydrogen-bond donors (Lipinski definition) is 1. The van der Waals surface area contributed by atoms with Crippen LogP contribution >= 0.6 is 0 Å². The van der Waals surface area contributed by atoms with E-state index in [0.717, 1.165) is 5.56 Å². The van der Waals surface area contributed by atoms with Gasteiger partial charge in [-0.15, -0.1) is 0 Å². The highest BCUT2D eigenvalue weighted by atomic mass is 19.1. The van der Waals surface area contributed by atoms with Crippen LogP contribution in [-0.2, 0) is 4.79 Å². The van der Waals surface area contributed by atoms with E-state index >= 15 is 0 Å². The zero-order chi connectivity index (χ0) is 14.4. The molecule has 1 aromatic rings. The van der Waals surface area contributed by atoms with Crippen LogP contribution < -0.4 is 5.32 Å². The Balaban J connectivity index is 2.66. The van der Waals surface area contributed by atoms with E-state index in [1.54, 1.807) is 11.0 Å². The number of halogens is 1. The van der Waals surface area contributed by atoms with Crippen LogP contribution in [-0.4, -0.2) is 29.9 Å². The minimum absolute atomic E-state index is 0.0646. The molecule has 3 nitrogen and oxygen atoms in total. The van der Waals surface area contributed by atoms with Gasteiger partial charge in [-0.2, -0.15) is 0 Å². The fraction of sp³-hybridized carbons (Fsp3) is 0.533. The van der Waals surface area contributed by atoms with E-state index in [9.17, 15) is 9.18 Å². The van der Waals surface area contributed by atoms with Gasteiger partial charge in [-0.25, -0.2) is 4.39 Å². The summed E-state index contributed by atoms with van der Waals surface area (Å²) in [7, 11) is 0. The van der Waals surface area contributed by atoms with Gasteiger partial charge >= 0.3 is 0 Å². The normalized spacial score (nSPS) is 13.9. The minimum Gasteiger partial charge on any atom is -0.342 e. The van der Waals surface area contributed by atoms with Crippen molar-refractivity contribution in [3.8, 4) is 0 Å². The quantitative estimate of drug-likeness (QED) is 0.858. The van der Waals surface area contributed by atoms with Crippen LogP contribution in [0.25, 0.3) is 0 Å². The zero-order valence-electron chi connectivity index (χ0n) is 12.1. The molecule has 0 radical (unpaired) electrons. The molecule has 0 saturated heterocycles. The van der Waals surface area contributed by atoms with Gasteiger partial charge < -0.3 is 4.90 Å². The van der Waals surface area contributed by atoms with Crippen LogP contribution in [0.15, 0.2) is 24.3 Å². The summed E-state index contributed by atoms with van der Waals surface area (Å²) >= 11 is 0. The molecular weight excluding hydrogens is 243 g/mol. The molecule has 0 saturated carbocycles. The average molecular weight is 266 g/mol. The Morgan fingerprint density at radius 2 is 1.95 bits per heavy atom. The van der Waals surface area contributed by atoms with Crippen molar-refractivity contribution in [3.63, 3.8) is 0 Å². The van der Waals surface area contributed by atoms with Crippen molar-refractivity contribution in [1.82, 2.24) is 10.2 Å². The number of benzene rings is 1. The Morgan fingerprint density at radius 3 is 2.47 bits per heavy atom. The molecule has 0 heterocycles. The lowest BCUT2D eigenvalue weighted by Crippen LogP contribution is -2.45. The van der Waals surface area contributed by atoms with Gasteiger partial charge in [-0.1, -0.05) is 12.1 Å². The molecule has 2 unspecified atom stereocenters. The van der Waals surface area contributed by atoms with E-state index in [1.165, 1.54) is 12.1 Å². The molecule has 0 aliphatic rings. The van der Waals surface area contributed by atoms with Gasteiger partial charge in [0.2, 0.25) is 5.91 Å². The lowest BCUT2D eigenvalue weighted by atomic mass is 10.1. The molecule has 1 amide bonds. The Kier molecular flexibility index (Phi) is 5.96. The maximum absolute atomic E-state index is 13.2. The van der Waals surface area contributed by atoms with E-state index in [1.807, 2.05) is 33.8 Å². The second-order valence-electron chi connectivity index (χ2n) is 4.68. The van der Waals surface area contributed by atoms with Crippen LogP contribution in [0.5, 0.6) is 0 Å². The molecule has 0 aliphatic heterocycles. The summed E-state index contributed by atoms with van der Waals surface area (Å²) in [5.41, 5.74) is 0.846. The summed E-state index contributed by atoms with van der Waals surface area (Å²) in [6.45, 7) is 9.11. The Morgan fingerprint density at radius 1 is 1.32 bits per heavy atom. The van der Waals surface area contributed by atoms with E-state index in [4.69, 9.17) is 0 Å². The highest BCUT2D eigenvalue weighted by Gasteiger charge is 2.20. The monoisotopic (exact) mass is 266 g/mol. The average Bonchev–Trinajstić information content (AvgIpc) is 2.39. The van der Waals surface area contributed by atoms with Crippen molar-refractivity contribution < 1.29 is 9.18 Å². The van der Waals surface area contributed by atoms with E-state index in [0.29, 0.717) is 13.1 Å². The number of hydrogen-bond acceptors (Lipinski definition) is 2. The molecule has 0 aliphatic carbocycles. The Hall–Kier alpha value is -1.42. The minimum atomic E-state index is -0.279. The maximum Gasteiger partial charge on any atom is 0.239 e. The molecule has 1 N–H and O–H groups in total. The summed E-state index contributed by atoms with van der Waals surface area (Å²) in [6.07, 6.45) is 0. The fourth-order valence-corrected chi connectivity index (χ4v) is 2.13. The van der Waals surface area contributed by atoms with Crippen LogP contribution in [0.4, 0.5) is 4.39 Å². The molecule has 19 heavy (non-hydrogen) atoms. The van der Waals surface area contributed by atoms with Crippen molar-refractivity contribution in [2.24, 2.45) is 0 Å². The van der Waals surface area contributed by atoms with E-state index < -0.39 is 0 Å². The first kappa shape index (κ1) is 15.6. The SMILES string of the molecule is CCN(CC)C(=O)C(C)NC(C)c1cccc(F)c1. The lowest BCUT2D eigenvalue weighted by Gasteiger charge is -2.26. The molecule has 2 atom stereocenters. The number of amides is 1. The largest absolute Gasteiger partial charge is 0.342 e. The number of nitrogens with zero attached hydrogens (tertiary/aromatic N) is 1. The first-order valence-corrected chi connectivity index (χ1v) is 6.79. The highest BCUT2D eigenvalue weighted by molar-refractivity contribution is 5.81. The van der Waals surface area contributed by atoms with Gasteiger partial charge in [0.25, 0.3) is 0 Å². The van der Waals surface area contributed by atoms with Crippen LogP contribution in [0.3, 0.4) is 0 Å². The number of nitrogens with one attached hydrogen (secondary N) is 1. The summed E-state index contributed by atoms with van der Waals surface area (Å²) < 4.78 is 13.2. The van der Waals surface area contributed by atoms with Crippen molar-refractivity contribution in [2.75, 3.05) is 13.1 Å². The highest BCUT2D eigenvalue weighted by Crippen LogP contribution is 2.14. The zero-order valence-corrected chi connectivity index (χ0v) is 12.1. The third-order valence-corrected chi connectivity index (χ3v) is 3.29. The molecular formula is C15H23FN2O. The summed E-state index contributed by atoms with van der Waals surface area (Å²) in [6, 6.07) is 6.10. The molecule has 106 valence electrons. The second kappa shape index (κ2) is 7.24. The number of carbonyl (C=O) groups is 1. The van der Waals surface area contributed by atoms with Crippen LogP contribution in [0.1, 0.15) is 39.3 Å². The number of rotatable bonds is 6. The molecule has 1 aromatic carbocycles. The smallest absolute Gasteiger partial charge is 0.239 e. The lowest BCUT2D eigenvalue weighted by molar-refractivity contribution is -0.132. The first-order chi connectivity index (χ1) is 8.99. The van der Waals surface area contributed by atoms with Gasteiger partial charge in [0, 0.05) is 19.1 Å². The van der Waals surface area contributed by atoms with Crippen molar-refractivity contribution >= 4 is 5.91 Å². The molecule has 1 rings (SSSR count). The third-order valence-electron chi connectivity index (χ3n) is 3.29. The first-order valence-electron chi connectivity index (χ1n) is 6.79. The molecule has 0 spiro atoms. The standard InChI is InChI=1S/C15H23FN2O/c1-5-18(6-2)15(19)12(4)17-11(3)13-8-7-9-14(16)10-13/h7-12,17H,5-6H2,1-4H3. The summed E-state index contributed by atoms with van der Waals surface area (Å²) in [5.74, 6) is -0.179. The molecule has 0 aromatic heterocycles. The van der Waals surface area contributed by atoms with Gasteiger partial charge in [0.1, 0.15) is 5.82 Å². The van der Waals surface area contributed by atoms with E-state index in [-0.39, 0.29) is 23.8 Å². The predicted octanol–water partition coefficient (Wildman–Crippen LogP) is 2.73. The van der Waals surface area contributed by atoms with Gasteiger partial charge in [0.05, 0.1) is 6.04 Å². The van der Waals surface area contributed by atoms with Gasteiger partial charge in [0.15, 0.2) is 0 Å². The van der Waals surface area contributed by atoms with Gasteiger partial charge in [-0.05, 0) is 45.4 Å².